The van der Waals surface area contributed by atoms with Crippen LogP contribution in [0, 0.1) is 24.0 Å². The van der Waals surface area contributed by atoms with E-state index in [1.165, 1.54) is 12.1 Å². The molecular weight excluding hydrogens is 336 g/mol. The van der Waals surface area contributed by atoms with Crippen molar-refractivity contribution in [3.8, 4) is 0 Å². The zero-order valence-corrected chi connectivity index (χ0v) is 15.4. The molecule has 1 amide bonds. The lowest BCUT2D eigenvalue weighted by atomic mass is 9.66. The van der Waals surface area contributed by atoms with E-state index in [9.17, 15) is 13.6 Å². The lowest BCUT2D eigenvalue weighted by Crippen LogP contribution is -2.53. The number of benzene rings is 1. The maximum atomic E-state index is 13.4. The second-order valence-corrected chi connectivity index (χ2v) is 7.60. The van der Waals surface area contributed by atoms with Gasteiger partial charge in [-0.05, 0) is 48.9 Å². The summed E-state index contributed by atoms with van der Waals surface area (Å²) in [6.07, 6.45) is 2.07. The van der Waals surface area contributed by atoms with Gasteiger partial charge in [0.15, 0.2) is 0 Å². The summed E-state index contributed by atoms with van der Waals surface area (Å²) in [5.74, 6) is -1.13. The van der Waals surface area contributed by atoms with Gasteiger partial charge >= 0.3 is 0 Å². The molecule has 1 saturated carbocycles. The van der Waals surface area contributed by atoms with Gasteiger partial charge in [0.25, 0.3) is 5.91 Å². The van der Waals surface area contributed by atoms with Crippen LogP contribution in [0.3, 0.4) is 0 Å². The second-order valence-electron chi connectivity index (χ2n) is 7.60. The largest absolute Gasteiger partial charge is 0.340 e. The molecule has 4 nitrogen and oxygen atoms in total. The number of anilines is 2. The topological polar surface area (TPSA) is 45.2 Å². The van der Waals surface area contributed by atoms with Crippen molar-refractivity contribution >= 4 is 17.4 Å². The normalized spacial score (nSPS) is 18.2. The van der Waals surface area contributed by atoms with E-state index in [0.29, 0.717) is 11.5 Å². The molecule has 1 aliphatic rings. The number of aryl methyl sites for hydroxylation is 1. The van der Waals surface area contributed by atoms with Crippen molar-refractivity contribution in [3.63, 3.8) is 0 Å². The standard InChI is InChI=1S/C20H23F2N3O/c1-12-5-6-17(23-15-10-13(21)9-14(22)11-15)24-18(12)19(26)25(4)16-7-8-20(16,2)3/h5-6,9-11,16H,7-8H2,1-4H3,(H,23,24). The number of carbonyl (C=O) groups excluding carboxylic acids is 1. The monoisotopic (exact) mass is 359 g/mol. The predicted octanol–water partition coefficient (Wildman–Crippen LogP) is 4.67. The summed E-state index contributed by atoms with van der Waals surface area (Å²) in [7, 11) is 1.80. The maximum absolute atomic E-state index is 13.4. The van der Waals surface area contributed by atoms with Crippen molar-refractivity contribution in [2.45, 2.75) is 39.7 Å². The maximum Gasteiger partial charge on any atom is 0.272 e. The number of amides is 1. The zero-order valence-electron chi connectivity index (χ0n) is 15.4. The Morgan fingerprint density at radius 3 is 2.42 bits per heavy atom. The first kappa shape index (κ1) is 18.3. The molecule has 1 aliphatic carbocycles. The molecule has 1 atom stereocenters. The SMILES string of the molecule is Cc1ccc(Nc2cc(F)cc(F)c2)nc1C(=O)N(C)C1CCC1(C)C. The summed E-state index contributed by atoms with van der Waals surface area (Å²) in [4.78, 5) is 19.1. The summed E-state index contributed by atoms with van der Waals surface area (Å²) < 4.78 is 26.7. The van der Waals surface area contributed by atoms with Gasteiger partial charge < -0.3 is 10.2 Å². The number of carbonyl (C=O) groups is 1. The molecule has 1 aromatic heterocycles. The number of hydrogen-bond acceptors (Lipinski definition) is 3. The first-order valence-electron chi connectivity index (χ1n) is 8.65. The highest BCUT2D eigenvalue weighted by Gasteiger charge is 2.43. The number of rotatable bonds is 4. The molecule has 1 heterocycles. The molecule has 1 fully saturated rings. The minimum atomic E-state index is -0.678. The molecule has 0 saturated heterocycles. The van der Waals surface area contributed by atoms with E-state index in [2.05, 4.69) is 24.1 Å². The Hall–Kier alpha value is -2.50. The van der Waals surface area contributed by atoms with Gasteiger partial charge in [0, 0.05) is 24.8 Å². The van der Waals surface area contributed by atoms with Crippen molar-refractivity contribution in [1.82, 2.24) is 9.88 Å². The molecule has 0 bridgehead atoms. The quantitative estimate of drug-likeness (QED) is 0.863. The number of nitrogens with one attached hydrogen (secondary N) is 1. The molecule has 1 unspecified atom stereocenters. The molecule has 1 N–H and O–H groups in total. The van der Waals surface area contributed by atoms with Crippen LogP contribution in [0.2, 0.25) is 0 Å². The second kappa shape index (κ2) is 6.67. The van der Waals surface area contributed by atoms with E-state index >= 15 is 0 Å². The van der Waals surface area contributed by atoms with Crippen LogP contribution in [-0.4, -0.2) is 28.9 Å². The number of nitrogens with zero attached hydrogens (tertiary/aromatic N) is 2. The molecule has 6 heteroatoms. The van der Waals surface area contributed by atoms with Crippen molar-refractivity contribution < 1.29 is 13.6 Å². The summed E-state index contributed by atoms with van der Waals surface area (Å²) >= 11 is 0. The highest BCUT2D eigenvalue weighted by atomic mass is 19.1. The van der Waals surface area contributed by atoms with Crippen molar-refractivity contribution in [2.75, 3.05) is 12.4 Å². The van der Waals surface area contributed by atoms with Crippen LogP contribution in [0.1, 0.15) is 42.7 Å². The first-order chi connectivity index (χ1) is 12.2. The molecule has 0 radical (unpaired) electrons. The average Bonchev–Trinajstić information content (AvgIpc) is 2.54. The third-order valence-electron chi connectivity index (χ3n) is 5.19. The van der Waals surface area contributed by atoms with Gasteiger partial charge in [0.1, 0.15) is 23.1 Å². The van der Waals surface area contributed by atoms with E-state index in [1.54, 1.807) is 24.1 Å². The van der Waals surface area contributed by atoms with Crippen molar-refractivity contribution in [3.05, 3.63) is 53.2 Å². The lowest BCUT2D eigenvalue weighted by Gasteiger charge is -2.49. The van der Waals surface area contributed by atoms with E-state index in [0.717, 1.165) is 24.5 Å². The van der Waals surface area contributed by atoms with E-state index < -0.39 is 11.6 Å². The molecule has 26 heavy (non-hydrogen) atoms. The predicted molar refractivity (Wildman–Crippen MR) is 97.5 cm³/mol. The Bertz CT molecular complexity index is 831. The molecule has 1 aromatic carbocycles. The average molecular weight is 359 g/mol. The van der Waals surface area contributed by atoms with Gasteiger partial charge in [-0.1, -0.05) is 19.9 Å². The minimum absolute atomic E-state index is 0.104. The Morgan fingerprint density at radius 1 is 1.23 bits per heavy atom. The van der Waals surface area contributed by atoms with Crippen LogP contribution >= 0.6 is 0 Å². The van der Waals surface area contributed by atoms with Gasteiger partial charge in [-0.25, -0.2) is 13.8 Å². The highest BCUT2D eigenvalue weighted by molar-refractivity contribution is 5.94. The van der Waals surface area contributed by atoms with Crippen LogP contribution in [-0.2, 0) is 0 Å². The molecule has 2 aromatic rings. The van der Waals surface area contributed by atoms with Crippen molar-refractivity contribution in [1.29, 1.82) is 0 Å². The number of pyridine rings is 1. The lowest BCUT2D eigenvalue weighted by molar-refractivity contribution is 0.0150. The smallest absolute Gasteiger partial charge is 0.272 e. The third kappa shape index (κ3) is 3.54. The molecule has 138 valence electrons. The van der Waals surface area contributed by atoms with Gasteiger partial charge in [-0.15, -0.1) is 0 Å². The van der Waals surface area contributed by atoms with Crippen LogP contribution < -0.4 is 5.32 Å². The van der Waals surface area contributed by atoms with Gasteiger partial charge in [-0.2, -0.15) is 0 Å². The van der Waals surface area contributed by atoms with Crippen LogP contribution in [0.25, 0.3) is 0 Å². The van der Waals surface area contributed by atoms with Gasteiger partial charge in [-0.3, -0.25) is 4.79 Å². The Morgan fingerprint density at radius 2 is 1.88 bits per heavy atom. The number of aromatic nitrogens is 1. The fourth-order valence-electron chi connectivity index (χ4n) is 3.47. The van der Waals surface area contributed by atoms with Gasteiger partial charge in [0.05, 0.1) is 0 Å². The minimum Gasteiger partial charge on any atom is -0.340 e. The van der Waals surface area contributed by atoms with Crippen LogP contribution in [0.5, 0.6) is 0 Å². The molecule has 0 spiro atoms. The summed E-state index contributed by atoms with van der Waals surface area (Å²) in [6, 6.07) is 6.80. The summed E-state index contributed by atoms with van der Waals surface area (Å²) in [6.45, 7) is 6.13. The Kier molecular flexibility index (Phi) is 4.69. The summed E-state index contributed by atoms with van der Waals surface area (Å²) in [5.41, 5.74) is 1.45. The first-order valence-corrected chi connectivity index (χ1v) is 8.65. The fourth-order valence-corrected chi connectivity index (χ4v) is 3.47. The Balaban J connectivity index is 1.84. The van der Waals surface area contributed by atoms with E-state index in [4.69, 9.17) is 0 Å². The van der Waals surface area contributed by atoms with Crippen LogP contribution in [0.4, 0.5) is 20.3 Å². The number of halogens is 2. The van der Waals surface area contributed by atoms with Crippen LogP contribution in [0.15, 0.2) is 30.3 Å². The van der Waals surface area contributed by atoms with E-state index in [-0.39, 0.29) is 23.1 Å². The third-order valence-corrected chi connectivity index (χ3v) is 5.19. The Labute approximate surface area is 152 Å². The number of hydrogen-bond donors (Lipinski definition) is 1. The zero-order chi connectivity index (χ0) is 19.1. The highest BCUT2D eigenvalue weighted by Crippen LogP contribution is 2.43. The van der Waals surface area contributed by atoms with Gasteiger partial charge in [0.2, 0.25) is 0 Å². The molecule has 0 aliphatic heterocycles. The van der Waals surface area contributed by atoms with Crippen molar-refractivity contribution in [2.24, 2.45) is 5.41 Å². The molecular formula is C20H23F2N3O. The fraction of sp³-hybridized carbons (Fsp3) is 0.400. The van der Waals surface area contributed by atoms with E-state index in [1.807, 2.05) is 6.92 Å². The molecule has 3 rings (SSSR count). The summed E-state index contributed by atoms with van der Waals surface area (Å²) in [5, 5.41) is 2.86.